The highest BCUT2D eigenvalue weighted by Crippen LogP contribution is 2.47. The van der Waals surface area contributed by atoms with Gasteiger partial charge >= 0.3 is 11.9 Å². The molecule has 0 saturated heterocycles. The number of allylic oxidation sites excluding steroid dienone is 5. The number of benzene rings is 6. The summed E-state index contributed by atoms with van der Waals surface area (Å²) in [4.78, 5) is 55.0. The normalized spacial score (nSPS) is 13.3. The molecule has 0 bridgehead atoms. The van der Waals surface area contributed by atoms with Crippen LogP contribution in [0.5, 0.6) is 17.2 Å². The highest BCUT2D eigenvalue weighted by atomic mass is 35.5. The summed E-state index contributed by atoms with van der Waals surface area (Å²) in [6.45, 7) is 9.87. The van der Waals surface area contributed by atoms with Crippen LogP contribution in [0.1, 0.15) is 94.9 Å². The molecule has 480 valence electrons. The third kappa shape index (κ3) is 22.0. The number of aliphatic carboxylic acids is 2. The molecular formula is C73H89ClN4O9S3. The number of rotatable bonds is 21. The lowest BCUT2D eigenvalue weighted by Crippen LogP contribution is -2.33. The van der Waals surface area contributed by atoms with E-state index in [9.17, 15) is 24.3 Å². The highest BCUT2D eigenvalue weighted by Gasteiger charge is 2.28. The van der Waals surface area contributed by atoms with Crippen LogP contribution in [-0.2, 0) is 20.8 Å². The third-order valence-electron chi connectivity index (χ3n) is 15.2. The summed E-state index contributed by atoms with van der Waals surface area (Å²) >= 11 is 5.12. The summed E-state index contributed by atoms with van der Waals surface area (Å²) in [7, 11) is 16.9. The van der Waals surface area contributed by atoms with Crippen LogP contribution in [0, 0.1) is 0 Å². The molecular weight excluding hydrogens is 1210 g/mol. The Morgan fingerprint density at radius 2 is 0.900 bits per heavy atom. The summed E-state index contributed by atoms with van der Waals surface area (Å²) in [5.41, 5.74) is 17.9. The van der Waals surface area contributed by atoms with Crippen molar-refractivity contribution in [1.82, 2.24) is 20.0 Å². The Labute approximate surface area is 553 Å². The van der Waals surface area contributed by atoms with Crippen molar-refractivity contribution in [2.45, 2.75) is 61.1 Å². The topological polar surface area (TPSA) is 158 Å². The molecule has 1 amide bonds. The van der Waals surface area contributed by atoms with Crippen molar-refractivity contribution < 1.29 is 43.6 Å². The van der Waals surface area contributed by atoms with Crippen LogP contribution in [0.3, 0.4) is 0 Å². The van der Waals surface area contributed by atoms with Crippen LogP contribution in [0.4, 0.5) is 0 Å². The molecule has 9 rings (SSSR count). The minimum absolute atomic E-state index is 0. The fraction of sp³-hybridized carbons (Fsp3) is 0.315. The Morgan fingerprint density at radius 1 is 0.511 bits per heavy atom. The van der Waals surface area contributed by atoms with E-state index < -0.39 is 11.9 Å². The van der Waals surface area contributed by atoms with Crippen molar-refractivity contribution in [3.05, 3.63) is 194 Å². The first-order valence-corrected chi connectivity index (χ1v) is 32.9. The Bertz CT molecular complexity index is 3560. The molecule has 13 nitrogen and oxygen atoms in total. The second-order valence-electron chi connectivity index (χ2n) is 21.9. The number of nitrogens with one attached hydrogen (secondary N) is 1. The number of likely N-dealkylation sites (N-methyl/N-ethyl adjacent to an activating group) is 4. The smallest absolute Gasteiger partial charge is 0.307 e. The van der Waals surface area contributed by atoms with Crippen molar-refractivity contribution in [2.75, 3.05) is 109 Å². The third-order valence-corrected chi connectivity index (χ3v) is 17.4. The molecule has 0 atom stereocenters. The van der Waals surface area contributed by atoms with Gasteiger partial charge in [-0.25, -0.2) is 0 Å². The van der Waals surface area contributed by atoms with Crippen LogP contribution < -0.4 is 19.5 Å². The molecule has 0 fully saturated rings. The van der Waals surface area contributed by atoms with Crippen molar-refractivity contribution in [1.29, 1.82) is 0 Å². The van der Waals surface area contributed by atoms with Gasteiger partial charge in [-0.3, -0.25) is 19.2 Å². The summed E-state index contributed by atoms with van der Waals surface area (Å²) in [5.74, 6) is 0.841. The number of ether oxygens (including phenoxy) is 3. The predicted molar refractivity (Wildman–Crippen MR) is 381 cm³/mol. The second-order valence-corrected chi connectivity index (χ2v) is 24.5. The quantitative estimate of drug-likeness (QED) is 0.0461. The van der Waals surface area contributed by atoms with Crippen molar-refractivity contribution in [3.63, 3.8) is 0 Å². The number of carbonyl (C=O) groups is 4. The molecule has 3 aliphatic carbocycles. The van der Waals surface area contributed by atoms with Crippen LogP contribution in [-0.4, -0.2) is 158 Å². The summed E-state index contributed by atoms with van der Waals surface area (Å²) in [6, 6.07) is 42.3. The molecule has 17 heteroatoms. The fourth-order valence-electron chi connectivity index (χ4n) is 10.0. The number of fused-ring (bicyclic) bond motifs is 3. The average molecular weight is 1300 g/mol. The number of halogens is 1. The fourth-order valence-corrected chi connectivity index (χ4v) is 11.3. The summed E-state index contributed by atoms with van der Waals surface area (Å²) in [5, 5.41) is 21.2. The molecule has 0 radical (unpaired) electrons. The second kappa shape index (κ2) is 37.8. The number of thioether (sulfide) groups is 3. The van der Waals surface area contributed by atoms with Gasteiger partial charge in [0.1, 0.15) is 23.5 Å². The van der Waals surface area contributed by atoms with E-state index in [1.807, 2.05) is 120 Å². The SMILES string of the molecule is CNCCN(C)C.COc1ccc2c(c1)C(CC(=O)N(C)CCN(C)C)=C(C)/C2=C/c1ccc(SC)cc1.COc1ccc2c(c1)C(CC(=O)O)=C(C)/C2=C/c1ccc(SC)cc1.COc1ccc2c(c1)C(CC(=O)O)=C(C)C2.CSc1ccc(C=O)cc1.Cl. The maximum Gasteiger partial charge on any atom is 0.307 e. The van der Waals surface area contributed by atoms with Crippen molar-refractivity contribution in [3.8, 4) is 17.2 Å². The molecule has 0 spiro atoms. The molecule has 90 heavy (non-hydrogen) atoms. The van der Waals surface area contributed by atoms with E-state index in [1.165, 1.54) is 25.8 Å². The van der Waals surface area contributed by atoms with E-state index in [-0.39, 0.29) is 31.2 Å². The van der Waals surface area contributed by atoms with Gasteiger partial charge in [0.15, 0.2) is 0 Å². The largest absolute Gasteiger partial charge is 0.497 e. The molecule has 6 aromatic rings. The number of carboxylic acids is 2. The van der Waals surface area contributed by atoms with Gasteiger partial charge in [-0.05, 0) is 250 Å². The minimum Gasteiger partial charge on any atom is -0.497 e. The lowest BCUT2D eigenvalue weighted by Gasteiger charge is -2.20. The van der Waals surface area contributed by atoms with Crippen LogP contribution in [0.25, 0.3) is 40.0 Å². The first kappa shape index (κ1) is 75.2. The Kier molecular flexibility index (Phi) is 31.6. The summed E-state index contributed by atoms with van der Waals surface area (Å²) < 4.78 is 15.9. The predicted octanol–water partition coefficient (Wildman–Crippen LogP) is 15.3. The van der Waals surface area contributed by atoms with Crippen LogP contribution in [0.2, 0.25) is 0 Å². The van der Waals surface area contributed by atoms with Crippen LogP contribution >= 0.6 is 47.7 Å². The Morgan fingerprint density at radius 3 is 1.27 bits per heavy atom. The number of hydrogen-bond donors (Lipinski definition) is 3. The van der Waals surface area contributed by atoms with E-state index in [0.29, 0.717) is 13.0 Å². The molecule has 0 saturated carbocycles. The van der Waals surface area contributed by atoms with Gasteiger partial charge < -0.3 is 44.4 Å². The highest BCUT2D eigenvalue weighted by molar-refractivity contribution is 7.99. The molecule has 0 aromatic heterocycles. The van der Waals surface area contributed by atoms with Gasteiger partial charge in [0.25, 0.3) is 0 Å². The molecule has 0 aliphatic heterocycles. The zero-order valence-corrected chi connectivity index (χ0v) is 58.0. The first-order chi connectivity index (χ1) is 42.6. The zero-order chi connectivity index (χ0) is 65.3. The van der Waals surface area contributed by atoms with E-state index >= 15 is 0 Å². The van der Waals surface area contributed by atoms with E-state index in [0.717, 1.165) is 133 Å². The van der Waals surface area contributed by atoms with E-state index in [1.54, 1.807) is 56.6 Å². The Hall–Kier alpha value is -7.28. The lowest BCUT2D eigenvalue weighted by atomic mass is 10.0. The molecule has 0 heterocycles. The minimum atomic E-state index is -0.825. The zero-order valence-electron chi connectivity index (χ0n) is 54.7. The Balaban J connectivity index is 0.000000261. The molecule has 3 N–H and O–H groups in total. The number of carboxylic acid groups (broad SMARTS) is 2. The number of hydrogen-bond acceptors (Lipinski definition) is 13. The van der Waals surface area contributed by atoms with Gasteiger partial charge in [-0.1, -0.05) is 60.2 Å². The van der Waals surface area contributed by atoms with E-state index in [4.69, 9.17) is 19.3 Å². The molecule has 0 unspecified atom stereocenters. The van der Waals surface area contributed by atoms with Gasteiger partial charge in [0.05, 0.1) is 40.6 Å². The lowest BCUT2D eigenvalue weighted by molar-refractivity contribution is -0.136. The number of nitrogens with zero attached hydrogens (tertiary/aromatic N) is 3. The molecule has 6 aromatic carbocycles. The van der Waals surface area contributed by atoms with Crippen molar-refractivity contribution >= 4 is 112 Å². The number of methoxy groups -OCH3 is 3. The number of carbonyl (C=O) groups excluding carboxylic acids is 2. The maximum absolute atomic E-state index is 13.0. The molecule has 3 aliphatic rings. The summed E-state index contributed by atoms with van der Waals surface area (Å²) in [6.07, 6.45) is 12.7. The van der Waals surface area contributed by atoms with Gasteiger partial charge in [0, 0.05) is 53.5 Å². The van der Waals surface area contributed by atoms with Crippen molar-refractivity contribution in [2.24, 2.45) is 0 Å². The van der Waals surface area contributed by atoms with Gasteiger partial charge in [0.2, 0.25) is 5.91 Å². The van der Waals surface area contributed by atoms with Crippen LogP contribution in [0.15, 0.2) is 159 Å². The standard InChI is InChI=1S/C26H32N2O2S.C21H20O3S.C13H14O3.C8H8OS.C5H14N2.ClH/c1-18-23(15-19-7-10-21(31-6)11-8-19)22-12-9-20(30-5)16-25(22)24(18)17-26(29)28(4)14-13-27(2)3;1-13-18(10-14-4-7-16(25-3)8-5-14)17-9-6-15(24-2)11-20(17)19(13)12-21(22)23;1-8-5-9-3-4-10(16-2)6-12(9)11(8)7-13(14)15;1-10-8-4-2-7(6-9)3-5-8;1-6-4-5-7(2)3;/h7-12,15-16H,13-14,17H2,1-6H3;4-11H,12H2,1-3H3,(H,22,23);3-4,6H,5,7H2,1-2H3,(H,14,15);2-6H,1H3;6H,4-5H2,1-3H3;1H/b23-15-;18-10-;;;;. The first-order valence-electron chi connectivity index (χ1n) is 29.2. The van der Waals surface area contributed by atoms with Gasteiger partial charge in [-0.2, -0.15) is 0 Å². The van der Waals surface area contributed by atoms with E-state index in [2.05, 4.69) is 121 Å². The monoisotopic (exact) mass is 1300 g/mol. The average Bonchev–Trinajstić information content (AvgIpc) is 1.90. The maximum atomic E-state index is 13.0. The van der Waals surface area contributed by atoms with Gasteiger partial charge in [-0.15, -0.1) is 47.7 Å². The number of amides is 1. The number of aldehydes is 1.